The molecule has 3 heteroatoms. The lowest BCUT2D eigenvalue weighted by Gasteiger charge is -2.41. The summed E-state index contributed by atoms with van der Waals surface area (Å²) in [4.78, 5) is 0. The maximum atomic E-state index is 3.82. The number of aromatic nitrogens is 2. The van der Waals surface area contributed by atoms with Crippen LogP contribution in [0.15, 0.2) is 139 Å². The predicted molar refractivity (Wildman–Crippen MR) is 177 cm³/mol. The maximum Gasteiger partial charge on any atom is 0.0564 e. The molecule has 3 heterocycles. The first-order valence-corrected chi connectivity index (χ1v) is 14.9. The minimum Gasteiger partial charge on any atom is -0.355 e. The first-order chi connectivity index (χ1) is 20.6. The minimum atomic E-state index is -0.168. The van der Waals surface area contributed by atoms with Gasteiger partial charge in [-0.05, 0) is 60.0 Å². The van der Waals surface area contributed by atoms with Crippen molar-refractivity contribution < 1.29 is 0 Å². The molecule has 0 spiro atoms. The van der Waals surface area contributed by atoms with E-state index in [4.69, 9.17) is 0 Å². The average molecular weight is 542 g/mol. The molecule has 2 aliphatic rings. The Morgan fingerprint density at radius 1 is 0.643 bits per heavy atom. The number of anilines is 1. The fraction of sp³-hybridized carbons (Fsp3) is 0.128. The Labute approximate surface area is 245 Å². The van der Waals surface area contributed by atoms with Crippen molar-refractivity contribution in [2.24, 2.45) is 0 Å². The first-order valence-electron chi connectivity index (χ1n) is 14.9. The summed E-state index contributed by atoms with van der Waals surface area (Å²) in [6.45, 7) is 4.77. The van der Waals surface area contributed by atoms with Gasteiger partial charge in [0.15, 0.2) is 0 Å². The molecule has 202 valence electrons. The second-order valence-electron chi connectivity index (χ2n) is 12.3. The molecule has 42 heavy (non-hydrogen) atoms. The van der Waals surface area contributed by atoms with E-state index in [0.29, 0.717) is 0 Å². The molecule has 5 aromatic carbocycles. The van der Waals surface area contributed by atoms with Crippen LogP contribution in [0.2, 0.25) is 0 Å². The molecule has 3 nitrogen and oxygen atoms in total. The van der Waals surface area contributed by atoms with E-state index in [2.05, 4.69) is 156 Å². The van der Waals surface area contributed by atoms with Gasteiger partial charge < -0.3 is 14.5 Å². The topological polar surface area (TPSA) is 21.9 Å². The van der Waals surface area contributed by atoms with Gasteiger partial charge in [-0.25, -0.2) is 0 Å². The standard InChI is InChI=1S/C39H31N3/c1-39(2)31-23-25(41-35-15-7-3-11-27(35)28-12-4-8-16-36(28)41)19-21-33(31)40-34-22-20-26(24-32(34)39)42-37-17-9-5-13-29(37)30-14-6-10-18-38(30)42/h3-19,21-24,26,40H,20H2,1-2H3. The lowest BCUT2D eigenvalue weighted by Crippen LogP contribution is -2.32. The summed E-state index contributed by atoms with van der Waals surface area (Å²) >= 11 is 0. The summed E-state index contributed by atoms with van der Waals surface area (Å²) in [6.07, 6.45) is 5.89. The molecule has 0 bridgehead atoms. The van der Waals surface area contributed by atoms with Gasteiger partial charge in [0, 0.05) is 55.1 Å². The lowest BCUT2D eigenvalue weighted by molar-refractivity contribution is 0.573. The van der Waals surface area contributed by atoms with Crippen molar-refractivity contribution in [3.63, 3.8) is 0 Å². The van der Waals surface area contributed by atoms with Crippen LogP contribution >= 0.6 is 0 Å². The molecule has 1 aliphatic carbocycles. The zero-order chi connectivity index (χ0) is 28.0. The molecule has 0 fully saturated rings. The number of nitrogens with one attached hydrogen (secondary N) is 1. The maximum absolute atomic E-state index is 3.82. The highest BCUT2D eigenvalue weighted by molar-refractivity contribution is 6.09. The van der Waals surface area contributed by atoms with Crippen molar-refractivity contribution in [1.29, 1.82) is 0 Å². The monoisotopic (exact) mass is 541 g/mol. The molecule has 0 amide bonds. The Bertz CT molecular complexity index is 2180. The van der Waals surface area contributed by atoms with E-state index in [9.17, 15) is 0 Å². The molecule has 0 radical (unpaired) electrons. The van der Waals surface area contributed by atoms with Crippen molar-refractivity contribution in [3.8, 4) is 5.69 Å². The van der Waals surface area contributed by atoms with Gasteiger partial charge in [-0.3, -0.25) is 0 Å². The van der Waals surface area contributed by atoms with E-state index in [-0.39, 0.29) is 11.5 Å². The summed E-state index contributed by atoms with van der Waals surface area (Å²) in [5.41, 5.74) is 11.2. The van der Waals surface area contributed by atoms with E-state index >= 15 is 0 Å². The van der Waals surface area contributed by atoms with Crippen molar-refractivity contribution in [3.05, 3.63) is 144 Å². The highest BCUT2D eigenvalue weighted by Crippen LogP contribution is 2.49. The number of hydrogen-bond acceptors (Lipinski definition) is 1. The molecule has 1 aliphatic heterocycles. The Morgan fingerprint density at radius 3 is 1.76 bits per heavy atom. The van der Waals surface area contributed by atoms with Crippen LogP contribution in [0.4, 0.5) is 5.69 Å². The molecule has 1 atom stereocenters. The van der Waals surface area contributed by atoms with Crippen molar-refractivity contribution >= 4 is 49.3 Å². The summed E-state index contributed by atoms with van der Waals surface area (Å²) in [7, 11) is 0. The van der Waals surface area contributed by atoms with Crippen LogP contribution in [-0.2, 0) is 5.41 Å². The summed E-state index contributed by atoms with van der Waals surface area (Å²) < 4.78 is 4.97. The van der Waals surface area contributed by atoms with Gasteiger partial charge in [0.2, 0.25) is 0 Å². The van der Waals surface area contributed by atoms with Crippen molar-refractivity contribution in [1.82, 2.24) is 9.13 Å². The Balaban J connectivity index is 1.21. The summed E-state index contributed by atoms with van der Waals surface area (Å²) in [5.74, 6) is 0. The number of fused-ring (bicyclic) bond motifs is 8. The van der Waals surface area contributed by atoms with Crippen LogP contribution in [0.5, 0.6) is 0 Å². The van der Waals surface area contributed by atoms with Crippen LogP contribution in [-0.4, -0.2) is 9.13 Å². The van der Waals surface area contributed by atoms with Gasteiger partial charge in [0.25, 0.3) is 0 Å². The second kappa shape index (κ2) is 8.50. The molecular formula is C39H31N3. The van der Waals surface area contributed by atoms with Crippen molar-refractivity contribution in [2.75, 3.05) is 5.32 Å². The highest BCUT2D eigenvalue weighted by Gasteiger charge is 2.37. The molecule has 0 saturated heterocycles. The number of nitrogens with zero attached hydrogens (tertiary/aromatic N) is 2. The van der Waals surface area contributed by atoms with Crippen LogP contribution in [0.3, 0.4) is 0 Å². The van der Waals surface area contributed by atoms with Crippen LogP contribution < -0.4 is 5.32 Å². The van der Waals surface area contributed by atoms with Crippen molar-refractivity contribution in [2.45, 2.75) is 31.7 Å². The molecular weight excluding hydrogens is 510 g/mol. The number of hydrogen-bond donors (Lipinski definition) is 1. The molecule has 2 aromatic heterocycles. The van der Waals surface area contributed by atoms with Gasteiger partial charge in [-0.1, -0.05) is 98.8 Å². The van der Waals surface area contributed by atoms with Gasteiger partial charge in [0.05, 0.1) is 17.1 Å². The summed E-state index contributed by atoms with van der Waals surface area (Å²) in [5, 5.41) is 9.04. The number of para-hydroxylation sites is 4. The predicted octanol–water partition coefficient (Wildman–Crippen LogP) is 10.0. The Hall–Kier alpha value is -5.02. The largest absolute Gasteiger partial charge is 0.355 e. The third-order valence-corrected chi connectivity index (χ3v) is 9.62. The molecule has 1 N–H and O–H groups in total. The molecule has 9 rings (SSSR count). The lowest BCUT2D eigenvalue weighted by atomic mass is 9.71. The third-order valence-electron chi connectivity index (χ3n) is 9.62. The minimum absolute atomic E-state index is 0.168. The highest BCUT2D eigenvalue weighted by atomic mass is 15.0. The second-order valence-corrected chi connectivity index (χ2v) is 12.3. The molecule has 0 saturated carbocycles. The van der Waals surface area contributed by atoms with E-state index in [1.165, 1.54) is 71.8 Å². The Morgan fingerprint density at radius 2 is 1.17 bits per heavy atom. The fourth-order valence-corrected chi connectivity index (χ4v) is 7.64. The fourth-order valence-electron chi connectivity index (χ4n) is 7.64. The quantitative estimate of drug-likeness (QED) is 0.231. The average Bonchev–Trinajstić information content (AvgIpc) is 3.54. The van der Waals surface area contributed by atoms with Gasteiger partial charge in [-0.15, -0.1) is 0 Å². The smallest absolute Gasteiger partial charge is 0.0564 e. The number of benzene rings is 5. The van der Waals surface area contributed by atoms with Crippen LogP contribution in [0, 0.1) is 0 Å². The third kappa shape index (κ3) is 3.16. The first kappa shape index (κ1) is 23.7. The van der Waals surface area contributed by atoms with E-state index < -0.39 is 0 Å². The van der Waals surface area contributed by atoms with Gasteiger partial charge in [0.1, 0.15) is 0 Å². The number of rotatable bonds is 2. The Kier molecular flexibility index (Phi) is 4.79. The SMILES string of the molecule is CC1(C)C2=CC(n3c4ccccc4c4ccccc43)CC=C2Nc2ccc(-n3c4ccccc4c4ccccc43)cc21. The van der Waals surface area contributed by atoms with Gasteiger partial charge >= 0.3 is 0 Å². The zero-order valence-corrected chi connectivity index (χ0v) is 23.8. The summed E-state index contributed by atoms with van der Waals surface area (Å²) in [6, 6.07) is 42.3. The number of allylic oxidation sites excluding steroid dienone is 3. The van der Waals surface area contributed by atoms with Crippen LogP contribution in [0.1, 0.15) is 31.9 Å². The molecule has 7 aromatic rings. The van der Waals surface area contributed by atoms with Crippen LogP contribution in [0.25, 0.3) is 49.3 Å². The zero-order valence-electron chi connectivity index (χ0n) is 23.8. The normalized spacial score (nSPS) is 17.6. The van der Waals surface area contributed by atoms with E-state index in [1.54, 1.807) is 0 Å². The van der Waals surface area contributed by atoms with E-state index in [0.717, 1.165) is 6.42 Å². The van der Waals surface area contributed by atoms with E-state index in [1.807, 2.05) is 0 Å². The molecule has 1 unspecified atom stereocenters. The van der Waals surface area contributed by atoms with Gasteiger partial charge in [-0.2, -0.15) is 0 Å².